The van der Waals surface area contributed by atoms with Crippen LogP contribution in [-0.2, 0) is 20.8 Å². The van der Waals surface area contributed by atoms with Crippen LogP contribution in [0.4, 0.5) is 5.13 Å². The van der Waals surface area contributed by atoms with E-state index in [1.807, 2.05) is 0 Å². The molecule has 0 aliphatic carbocycles. The van der Waals surface area contributed by atoms with E-state index in [0.717, 1.165) is 26.7 Å². The lowest BCUT2D eigenvalue weighted by Crippen LogP contribution is -2.70. The second kappa shape index (κ2) is 11.5. The van der Waals surface area contributed by atoms with Crippen LogP contribution in [0.25, 0.3) is 0 Å². The Hall–Kier alpha value is -3.16. The topological polar surface area (TPSA) is 194 Å². The van der Waals surface area contributed by atoms with Crippen LogP contribution < -0.4 is 16.8 Å². The Morgan fingerprint density at radius 3 is 2.86 bits per heavy atom. The monoisotopic (exact) mass is 579 g/mol. The summed E-state index contributed by atoms with van der Waals surface area (Å²) in [5, 5.41) is 14.6. The summed E-state index contributed by atoms with van der Waals surface area (Å²) in [4.78, 5) is 59.6. The SMILES string of the molecule is NCC#CCc1cnccc1SC1=C(C(=O)O)N2C(=O)[C@@H](NC(=O)C(N=O)c3nc(N)sc3Cl)[C@@H]2SC1. The number of thioether (sulfide) groups is 2. The molecule has 2 aromatic rings. The van der Waals surface area contributed by atoms with Gasteiger partial charge in [0, 0.05) is 34.4 Å². The number of pyridine rings is 1. The van der Waals surface area contributed by atoms with Gasteiger partial charge in [-0.25, -0.2) is 9.78 Å². The summed E-state index contributed by atoms with van der Waals surface area (Å²) in [7, 11) is 0. The first kappa shape index (κ1) is 26.9. The number of anilines is 1. The molecule has 2 aliphatic heterocycles. The number of nitrogens with two attached hydrogens (primary N) is 2. The molecule has 1 fully saturated rings. The van der Waals surface area contributed by atoms with Crippen LogP contribution in [0.5, 0.6) is 0 Å². The second-order valence-electron chi connectivity index (χ2n) is 7.51. The molecule has 2 aromatic heterocycles. The van der Waals surface area contributed by atoms with Crippen molar-refractivity contribution in [1.29, 1.82) is 0 Å². The van der Waals surface area contributed by atoms with Crippen molar-refractivity contribution in [2.75, 3.05) is 18.0 Å². The van der Waals surface area contributed by atoms with Crippen LogP contribution >= 0.6 is 46.5 Å². The molecular weight excluding hydrogens is 562 g/mol. The maximum absolute atomic E-state index is 13.0. The number of nitrogens with zero attached hydrogens (tertiary/aromatic N) is 4. The number of carbonyl (C=O) groups is 3. The lowest BCUT2D eigenvalue weighted by atomic mass is 10.0. The third-order valence-electron chi connectivity index (χ3n) is 5.27. The third kappa shape index (κ3) is 5.43. The van der Waals surface area contributed by atoms with E-state index in [4.69, 9.17) is 23.1 Å². The molecule has 4 heterocycles. The molecule has 0 saturated carbocycles. The Morgan fingerprint density at radius 2 is 2.22 bits per heavy atom. The third-order valence-corrected chi connectivity index (χ3v) is 9.05. The van der Waals surface area contributed by atoms with Crippen molar-refractivity contribution in [3.05, 3.63) is 49.6 Å². The molecule has 3 atom stereocenters. The van der Waals surface area contributed by atoms with Crippen LogP contribution in [0.1, 0.15) is 17.3 Å². The number of β-lactam (4-membered cyclic amide) rings is 1. The minimum atomic E-state index is -1.61. The normalized spacial score (nSPS) is 19.3. The number of aliphatic carboxylic acids is 1. The van der Waals surface area contributed by atoms with Gasteiger partial charge in [-0.1, -0.05) is 46.5 Å². The standard InChI is InChI=1S/C21H18ClN7O5S3/c22-16-12(27-21(24)37-16)13(28-34)17(30)26-14-18(31)29-15(20(32)33)11(8-35-19(14)29)36-10-4-6-25-7-9(10)3-1-2-5-23/h4,6-7,13-14,19H,3,5,8,23H2,(H2,24,27)(H,26,30)(H,32,33)/t13?,14-,19+/m1/s1. The van der Waals surface area contributed by atoms with Crippen LogP contribution in [0.2, 0.25) is 4.34 Å². The molecule has 1 saturated heterocycles. The molecule has 37 heavy (non-hydrogen) atoms. The number of halogens is 1. The Kier molecular flexibility index (Phi) is 8.35. The average molecular weight is 580 g/mol. The Balaban J connectivity index is 1.53. The summed E-state index contributed by atoms with van der Waals surface area (Å²) in [5.74, 6) is 3.19. The molecule has 12 nitrogen and oxygen atoms in total. The molecule has 4 rings (SSSR count). The van der Waals surface area contributed by atoms with Gasteiger partial charge in [-0.3, -0.25) is 19.5 Å². The minimum Gasteiger partial charge on any atom is -0.477 e. The molecule has 2 aliphatic rings. The number of fused-ring (bicyclic) bond motifs is 1. The van der Waals surface area contributed by atoms with Crippen molar-refractivity contribution in [3.63, 3.8) is 0 Å². The number of hydrogen-bond donors (Lipinski definition) is 4. The summed E-state index contributed by atoms with van der Waals surface area (Å²) in [6.07, 6.45) is 3.62. The van der Waals surface area contributed by atoms with Crippen LogP contribution in [0, 0.1) is 16.7 Å². The van der Waals surface area contributed by atoms with Crippen molar-refractivity contribution in [2.45, 2.75) is 28.8 Å². The number of carbonyl (C=O) groups excluding carboxylic acids is 2. The van der Waals surface area contributed by atoms with Crippen LogP contribution in [0.3, 0.4) is 0 Å². The molecule has 2 amide bonds. The van der Waals surface area contributed by atoms with Gasteiger partial charge >= 0.3 is 5.97 Å². The Bertz CT molecular complexity index is 1370. The largest absolute Gasteiger partial charge is 0.477 e. The van der Waals surface area contributed by atoms with E-state index in [-0.39, 0.29) is 33.2 Å². The lowest BCUT2D eigenvalue weighted by Gasteiger charge is -2.49. The molecular formula is C21H18ClN7O5S3. The van der Waals surface area contributed by atoms with E-state index in [2.05, 4.69) is 32.3 Å². The first-order valence-corrected chi connectivity index (χ1v) is 13.5. The van der Waals surface area contributed by atoms with Gasteiger partial charge in [-0.05, 0) is 16.8 Å². The quantitative estimate of drug-likeness (QED) is 0.201. The van der Waals surface area contributed by atoms with Crippen molar-refractivity contribution in [1.82, 2.24) is 20.2 Å². The van der Waals surface area contributed by atoms with Gasteiger partial charge in [0.05, 0.1) is 6.54 Å². The highest BCUT2D eigenvalue weighted by molar-refractivity contribution is 8.06. The summed E-state index contributed by atoms with van der Waals surface area (Å²) < 4.78 is 0.0353. The van der Waals surface area contributed by atoms with Gasteiger partial charge in [0.25, 0.3) is 11.8 Å². The average Bonchev–Trinajstić information content (AvgIpc) is 3.20. The molecule has 0 aromatic carbocycles. The van der Waals surface area contributed by atoms with E-state index in [0.29, 0.717) is 11.3 Å². The predicted molar refractivity (Wildman–Crippen MR) is 140 cm³/mol. The van der Waals surface area contributed by atoms with E-state index in [1.54, 1.807) is 18.5 Å². The molecule has 192 valence electrons. The summed E-state index contributed by atoms with van der Waals surface area (Å²) in [6.45, 7) is 0.221. The number of thiazole rings is 1. The number of nitrogens with one attached hydrogen (secondary N) is 1. The highest BCUT2D eigenvalue weighted by atomic mass is 35.5. The van der Waals surface area contributed by atoms with E-state index in [1.165, 1.54) is 23.5 Å². The fourth-order valence-electron chi connectivity index (χ4n) is 3.63. The number of aromatic nitrogens is 2. The van der Waals surface area contributed by atoms with Crippen LogP contribution in [-0.4, -0.2) is 61.5 Å². The zero-order valence-electron chi connectivity index (χ0n) is 18.7. The van der Waals surface area contributed by atoms with Crippen molar-refractivity contribution in [2.24, 2.45) is 10.9 Å². The predicted octanol–water partition coefficient (Wildman–Crippen LogP) is 1.57. The molecule has 0 spiro atoms. The van der Waals surface area contributed by atoms with Crippen molar-refractivity contribution >= 4 is 69.4 Å². The molecule has 6 N–H and O–H groups in total. The minimum absolute atomic E-state index is 0.0353. The Morgan fingerprint density at radius 1 is 1.43 bits per heavy atom. The van der Waals surface area contributed by atoms with Gasteiger partial charge in [0.1, 0.15) is 27.1 Å². The van der Waals surface area contributed by atoms with Gasteiger partial charge in [-0.15, -0.1) is 16.7 Å². The van der Waals surface area contributed by atoms with Gasteiger partial charge < -0.3 is 21.9 Å². The first-order valence-electron chi connectivity index (χ1n) is 10.5. The lowest BCUT2D eigenvalue weighted by molar-refractivity contribution is -0.150. The zero-order valence-corrected chi connectivity index (χ0v) is 21.9. The maximum atomic E-state index is 13.0. The zero-order chi connectivity index (χ0) is 26.7. The number of amides is 2. The molecule has 1 unspecified atom stereocenters. The van der Waals surface area contributed by atoms with Gasteiger partial charge in [0.2, 0.25) is 6.04 Å². The van der Waals surface area contributed by atoms with Crippen molar-refractivity contribution < 1.29 is 19.5 Å². The number of carboxylic acids is 1. The summed E-state index contributed by atoms with van der Waals surface area (Å²) >= 11 is 9.38. The highest BCUT2D eigenvalue weighted by Gasteiger charge is 2.55. The van der Waals surface area contributed by atoms with E-state index >= 15 is 0 Å². The number of nitroso groups, excluding NO2 is 1. The smallest absolute Gasteiger partial charge is 0.353 e. The molecule has 0 radical (unpaired) electrons. The number of nitrogen functional groups attached to an aromatic ring is 1. The molecule has 16 heteroatoms. The maximum Gasteiger partial charge on any atom is 0.353 e. The first-order chi connectivity index (χ1) is 17.8. The fraction of sp³-hybridized carbons (Fsp3) is 0.286. The van der Waals surface area contributed by atoms with Crippen molar-refractivity contribution in [3.8, 4) is 11.8 Å². The van der Waals surface area contributed by atoms with E-state index < -0.39 is 35.2 Å². The van der Waals surface area contributed by atoms with Gasteiger partial charge in [0.15, 0.2) is 5.13 Å². The fourth-order valence-corrected chi connectivity index (χ4v) is 7.17. The number of rotatable bonds is 8. The summed E-state index contributed by atoms with van der Waals surface area (Å²) in [6, 6.07) is -0.915. The van der Waals surface area contributed by atoms with Crippen LogP contribution in [0.15, 0.2) is 39.1 Å². The summed E-state index contributed by atoms with van der Waals surface area (Å²) in [5.41, 5.74) is 11.5. The highest BCUT2D eigenvalue weighted by Crippen LogP contribution is 2.46. The number of carboxylic acid groups (broad SMARTS) is 1. The second-order valence-corrected chi connectivity index (χ2v) is 11.4. The molecule has 0 bridgehead atoms. The van der Waals surface area contributed by atoms with Gasteiger partial charge in [-0.2, -0.15) is 0 Å². The number of hydrogen-bond acceptors (Lipinski definition) is 12. The van der Waals surface area contributed by atoms with E-state index in [9.17, 15) is 24.4 Å². The Labute approximate surface area is 227 Å².